The minimum Gasteiger partial charge on any atom is -0.507 e. The van der Waals surface area contributed by atoms with E-state index in [1.807, 2.05) is 79.7 Å². The van der Waals surface area contributed by atoms with Crippen molar-refractivity contribution in [2.75, 3.05) is 0 Å². The maximum atomic E-state index is 10.4. The molecule has 4 nitrogen and oxygen atoms in total. The van der Waals surface area contributed by atoms with E-state index in [9.17, 15) is 5.11 Å². The minimum absolute atomic E-state index is 0. The number of aromatic nitrogens is 3. The first-order valence-corrected chi connectivity index (χ1v) is 8.37. The van der Waals surface area contributed by atoms with Crippen molar-refractivity contribution in [1.29, 1.82) is 0 Å². The van der Waals surface area contributed by atoms with Crippen LogP contribution >= 0.6 is 0 Å². The van der Waals surface area contributed by atoms with Crippen molar-refractivity contribution in [2.24, 2.45) is 0 Å². The summed E-state index contributed by atoms with van der Waals surface area (Å²) in [6.45, 7) is 1.93. The molecule has 0 saturated heterocycles. The van der Waals surface area contributed by atoms with Gasteiger partial charge in [-0.1, -0.05) is 66.7 Å². The molecule has 135 valence electrons. The Morgan fingerprint density at radius 3 is 1.57 bits per heavy atom. The van der Waals surface area contributed by atoms with E-state index in [2.05, 4.69) is 15.0 Å². The molecule has 6 heteroatoms. The van der Waals surface area contributed by atoms with E-state index in [1.165, 1.54) is 0 Å². The average Bonchev–Trinajstić information content (AvgIpc) is 2.69. The average molecular weight is 628 g/mol. The standard InChI is InChI=1S/C22H17N3O.U.V/c1-15-12-13-18(19(26)14-15)22-24-20(16-8-4-2-5-9-16)23-21(25-22)17-10-6-3-7-11-17;;/h2-14,26H,1H3;;. The molecule has 0 aliphatic rings. The fourth-order valence-electron chi connectivity index (χ4n) is 2.76. The Balaban J connectivity index is 0.00000140. The van der Waals surface area contributed by atoms with Crippen molar-refractivity contribution in [1.82, 2.24) is 15.0 Å². The van der Waals surface area contributed by atoms with Gasteiger partial charge >= 0.3 is 0 Å². The van der Waals surface area contributed by atoms with E-state index < -0.39 is 0 Å². The number of hydrogen-bond acceptors (Lipinski definition) is 4. The Kier molecular flexibility index (Phi) is 8.04. The molecule has 0 fully saturated rings. The molecule has 0 unspecified atom stereocenters. The minimum atomic E-state index is 0. The third kappa shape index (κ3) is 4.93. The third-order valence-corrected chi connectivity index (χ3v) is 4.09. The first-order chi connectivity index (χ1) is 12.7. The van der Waals surface area contributed by atoms with Crippen LogP contribution in [0.5, 0.6) is 5.75 Å². The second kappa shape index (κ2) is 10.0. The van der Waals surface area contributed by atoms with E-state index in [4.69, 9.17) is 0 Å². The number of aromatic hydroxyl groups is 1. The van der Waals surface area contributed by atoms with Crippen LogP contribution in [0.25, 0.3) is 34.2 Å². The Hall–Kier alpha value is -1.89. The van der Waals surface area contributed by atoms with Gasteiger partial charge in [0.1, 0.15) is 5.75 Å². The monoisotopic (exact) mass is 628 g/mol. The largest absolute Gasteiger partial charge is 0.507 e. The first kappa shape index (κ1) is 22.4. The van der Waals surface area contributed by atoms with Crippen LogP contribution in [0, 0.1) is 38.0 Å². The van der Waals surface area contributed by atoms with E-state index in [0.717, 1.165) is 16.7 Å². The van der Waals surface area contributed by atoms with Gasteiger partial charge in [0.25, 0.3) is 0 Å². The molecule has 0 aliphatic carbocycles. The summed E-state index contributed by atoms with van der Waals surface area (Å²) >= 11 is 0. The van der Waals surface area contributed by atoms with Crippen LogP contribution in [-0.2, 0) is 18.6 Å². The van der Waals surface area contributed by atoms with Crippen LogP contribution in [0.1, 0.15) is 5.56 Å². The summed E-state index contributed by atoms with van der Waals surface area (Å²) in [4.78, 5) is 13.9. The van der Waals surface area contributed by atoms with Gasteiger partial charge in [-0.25, -0.2) is 15.0 Å². The fourth-order valence-corrected chi connectivity index (χ4v) is 2.76. The molecule has 3 aromatic carbocycles. The Morgan fingerprint density at radius 2 is 1.11 bits per heavy atom. The number of rotatable bonds is 3. The summed E-state index contributed by atoms with van der Waals surface area (Å²) in [6.07, 6.45) is 0. The molecule has 1 radical (unpaired) electrons. The van der Waals surface area contributed by atoms with Crippen molar-refractivity contribution in [2.45, 2.75) is 6.92 Å². The molecule has 0 amide bonds. The van der Waals surface area contributed by atoms with Gasteiger partial charge in [0.15, 0.2) is 17.5 Å². The fraction of sp³-hybridized carbons (Fsp3) is 0.0455. The third-order valence-electron chi connectivity index (χ3n) is 4.09. The van der Waals surface area contributed by atoms with Gasteiger partial charge in [0.05, 0.1) is 5.56 Å². The number of phenolic OH excluding ortho intramolecular Hbond substituents is 1. The van der Waals surface area contributed by atoms with Crippen LogP contribution in [0.3, 0.4) is 0 Å². The van der Waals surface area contributed by atoms with Gasteiger partial charge < -0.3 is 5.11 Å². The molecular weight excluding hydrogens is 611 g/mol. The molecule has 0 spiro atoms. The van der Waals surface area contributed by atoms with Crippen LogP contribution < -0.4 is 0 Å². The van der Waals surface area contributed by atoms with Crippen LogP contribution in [0.4, 0.5) is 0 Å². The van der Waals surface area contributed by atoms with Gasteiger partial charge in [-0.2, -0.15) is 0 Å². The molecular formula is C22H17N3OUV. The van der Waals surface area contributed by atoms with E-state index in [1.54, 1.807) is 6.07 Å². The quantitative estimate of drug-likeness (QED) is 0.352. The zero-order valence-corrected chi connectivity index (χ0v) is 20.8. The van der Waals surface area contributed by atoms with Crippen molar-refractivity contribution < 1.29 is 54.8 Å². The van der Waals surface area contributed by atoms with Crippen LogP contribution in [0.15, 0.2) is 78.9 Å². The number of phenols is 1. The molecule has 0 saturated carbocycles. The summed E-state index contributed by atoms with van der Waals surface area (Å²) in [7, 11) is 0. The summed E-state index contributed by atoms with van der Waals surface area (Å²) < 4.78 is 0. The second-order valence-corrected chi connectivity index (χ2v) is 6.06. The number of aryl methyl sites for hydroxylation is 1. The zero-order chi connectivity index (χ0) is 17.9. The predicted octanol–water partition coefficient (Wildman–Crippen LogP) is 4.88. The molecule has 0 bridgehead atoms. The molecule has 1 N–H and O–H groups in total. The van der Waals surface area contributed by atoms with Crippen molar-refractivity contribution in [3.8, 4) is 39.9 Å². The molecule has 1 heterocycles. The van der Waals surface area contributed by atoms with Crippen molar-refractivity contribution in [3.63, 3.8) is 0 Å². The normalized spacial score (nSPS) is 9.89. The van der Waals surface area contributed by atoms with Crippen molar-refractivity contribution >= 4 is 0 Å². The van der Waals surface area contributed by atoms with E-state index in [0.29, 0.717) is 23.0 Å². The molecule has 4 aromatic rings. The van der Waals surface area contributed by atoms with Gasteiger partial charge in [-0.15, -0.1) is 0 Å². The summed E-state index contributed by atoms with van der Waals surface area (Å²) in [6, 6.07) is 25.0. The Morgan fingerprint density at radius 1 is 0.643 bits per heavy atom. The van der Waals surface area contributed by atoms with Gasteiger partial charge in [-0.05, 0) is 24.6 Å². The maximum Gasteiger partial charge on any atom is 0.167 e. The number of hydrogen-bond donors (Lipinski definition) is 1. The SMILES string of the molecule is Cc1ccc(-c2nc(-c3ccccc3)nc(-c3ccccc3)n2)c(O)c1.[U].[V]. The topological polar surface area (TPSA) is 58.9 Å². The summed E-state index contributed by atoms with van der Waals surface area (Å²) in [5.41, 5.74) is 3.37. The molecule has 1 aromatic heterocycles. The summed E-state index contributed by atoms with van der Waals surface area (Å²) in [5.74, 6) is 1.77. The first-order valence-electron chi connectivity index (χ1n) is 8.37. The van der Waals surface area contributed by atoms with Crippen molar-refractivity contribution in [3.05, 3.63) is 84.4 Å². The zero-order valence-electron chi connectivity index (χ0n) is 15.2. The number of benzene rings is 3. The molecule has 0 aliphatic heterocycles. The van der Waals surface area contributed by atoms with Crippen LogP contribution in [0.2, 0.25) is 0 Å². The predicted molar refractivity (Wildman–Crippen MR) is 103 cm³/mol. The number of nitrogens with zero attached hydrogens (tertiary/aromatic N) is 3. The second-order valence-electron chi connectivity index (χ2n) is 6.06. The van der Waals surface area contributed by atoms with Crippen LogP contribution in [-0.4, -0.2) is 20.1 Å². The van der Waals surface area contributed by atoms with Gasteiger partial charge in [-0.3, -0.25) is 0 Å². The molecule has 0 atom stereocenters. The summed E-state index contributed by atoms with van der Waals surface area (Å²) in [5, 5.41) is 10.4. The molecule has 4 rings (SSSR count). The van der Waals surface area contributed by atoms with Gasteiger partial charge in [0, 0.05) is 60.8 Å². The Labute approximate surface area is 199 Å². The Bertz CT molecular complexity index is 1000. The van der Waals surface area contributed by atoms with E-state index >= 15 is 0 Å². The smallest absolute Gasteiger partial charge is 0.167 e. The molecule has 28 heavy (non-hydrogen) atoms. The van der Waals surface area contributed by atoms with E-state index in [-0.39, 0.29) is 55.4 Å². The van der Waals surface area contributed by atoms with Gasteiger partial charge in [0.2, 0.25) is 0 Å². The maximum absolute atomic E-state index is 10.4.